The number of nitrogens with one attached hydrogen (secondary N) is 2. The van der Waals surface area contributed by atoms with Crippen LogP contribution in [0.3, 0.4) is 0 Å². The van der Waals surface area contributed by atoms with E-state index in [1.165, 1.54) is 11.7 Å². The predicted octanol–water partition coefficient (Wildman–Crippen LogP) is 3.56. The van der Waals surface area contributed by atoms with Gasteiger partial charge in [0, 0.05) is 31.9 Å². The van der Waals surface area contributed by atoms with Crippen LogP contribution in [0.5, 0.6) is 0 Å². The Kier molecular flexibility index (Phi) is 10.7. The Morgan fingerprint density at radius 2 is 1.93 bits per heavy atom. The van der Waals surface area contributed by atoms with Crippen LogP contribution in [0.1, 0.15) is 42.7 Å². The monoisotopic (exact) mass is 576 g/mol. The first-order chi connectivity index (χ1) is 20.1. The van der Waals surface area contributed by atoms with Crippen molar-refractivity contribution in [1.29, 1.82) is 5.41 Å². The summed E-state index contributed by atoms with van der Waals surface area (Å²) in [6, 6.07) is 5.96. The van der Waals surface area contributed by atoms with Gasteiger partial charge in [-0.25, -0.2) is 9.79 Å². The molecule has 1 aromatic heterocycles. The molecule has 1 amide bonds. The fourth-order valence-electron chi connectivity index (χ4n) is 5.04. The first-order valence-corrected chi connectivity index (χ1v) is 13.7. The number of nitrogens with two attached hydrogens (primary N) is 1. The van der Waals surface area contributed by atoms with Crippen molar-refractivity contribution in [2.24, 2.45) is 10.7 Å². The van der Waals surface area contributed by atoms with Crippen LogP contribution in [0, 0.1) is 26.2 Å². The van der Waals surface area contributed by atoms with Crippen molar-refractivity contribution in [1.82, 2.24) is 14.5 Å². The highest BCUT2D eigenvalue weighted by Crippen LogP contribution is 2.31. The molecule has 0 unspecified atom stereocenters. The maximum atomic E-state index is 14.0. The SMILES string of the molecule is C\C=C1/C(=C\C(=C\O)OCC)CCn2c1c/c(=N\c1c(C)cc(C)cc1C)n(CCNC(=O)/C(=C/N)C(=N)OC)c2=O. The number of carbonyl (C=O) groups excluding carboxylic acids is 1. The molecule has 0 radical (unpaired) electrons. The molecule has 2 heterocycles. The van der Waals surface area contributed by atoms with Crippen LogP contribution >= 0.6 is 0 Å². The number of hydrogen-bond acceptors (Lipinski definition) is 8. The highest BCUT2D eigenvalue weighted by Gasteiger charge is 2.22. The van der Waals surface area contributed by atoms with E-state index in [0.29, 0.717) is 36.5 Å². The number of hydrogen-bond donors (Lipinski definition) is 4. The molecule has 0 aliphatic carbocycles. The van der Waals surface area contributed by atoms with Crippen molar-refractivity contribution in [2.45, 2.75) is 54.1 Å². The summed E-state index contributed by atoms with van der Waals surface area (Å²) >= 11 is 0. The number of benzene rings is 1. The molecule has 3 rings (SSSR count). The summed E-state index contributed by atoms with van der Waals surface area (Å²) in [5.74, 6) is -0.601. The Hall–Kier alpha value is -4.80. The van der Waals surface area contributed by atoms with E-state index in [4.69, 9.17) is 25.6 Å². The summed E-state index contributed by atoms with van der Waals surface area (Å²) in [6.45, 7) is 10.7. The zero-order chi connectivity index (χ0) is 31.0. The van der Waals surface area contributed by atoms with Crippen LogP contribution in [0.2, 0.25) is 0 Å². The van der Waals surface area contributed by atoms with Gasteiger partial charge in [-0.05, 0) is 69.4 Å². The summed E-state index contributed by atoms with van der Waals surface area (Å²) in [5.41, 5.74) is 11.8. The summed E-state index contributed by atoms with van der Waals surface area (Å²) in [6.07, 6.45) is 6.21. The quantitative estimate of drug-likeness (QED) is 0.155. The third-order valence-corrected chi connectivity index (χ3v) is 6.91. The van der Waals surface area contributed by atoms with Crippen LogP contribution in [0.4, 0.5) is 5.69 Å². The third-order valence-electron chi connectivity index (χ3n) is 6.91. The second-order valence-electron chi connectivity index (χ2n) is 9.79. The molecule has 42 heavy (non-hydrogen) atoms. The van der Waals surface area contributed by atoms with E-state index in [1.54, 1.807) is 10.6 Å². The van der Waals surface area contributed by atoms with Gasteiger partial charge in [0.25, 0.3) is 5.91 Å². The number of allylic oxidation sites excluding steroid dienone is 4. The van der Waals surface area contributed by atoms with E-state index in [0.717, 1.165) is 46.0 Å². The largest absolute Gasteiger partial charge is 0.512 e. The van der Waals surface area contributed by atoms with Crippen LogP contribution in [-0.2, 0) is 27.4 Å². The number of aromatic nitrogens is 2. The molecule has 0 spiro atoms. The van der Waals surface area contributed by atoms with Crippen LogP contribution in [0.25, 0.3) is 5.57 Å². The van der Waals surface area contributed by atoms with Gasteiger partial charge in [0.15, 0.2) is 5.76 Å². The summed E-state index contributed by atoms with van der Waals surface area (Å²) in [4.78, 5) is 31.5. The number of nitrogens with zero attached hydrogens (tertiary/aromatic N) is 3. The van der Waals surface area contributed by atoms with E-state index in [9.17, 15) is 14.7 Å². The van der Waals surface area contributed by atoms with E-state index in [2.05, 4.69) is 5.32 Å². The Morgan fingerprint density at radius 3 is 2.50 bits per heavy atom. The average molecular weight is 577 g/mol. The zero-order valence-corrected chi connectivity index (χ0v) is 25.1. The summed E-state index contributed by atoms with van der Waals surface area (Å²) in [5, 5.41) is 20.1. The van der Waals surface area contributed by atoms with E-state index < -0.39 is 5.91 Å². The number of rotatable bonds is 9. The Labute approximate surface area is 245 Å². The van der Waals surface area contributed by atoms with Crippen LogP contribution < -0.4 is 22.2 Å². The van der Waals surface area contributed by atoms with Crippen molar-refractivity contribution in [2.75, 3.05) is 20.3 Å². The minimum atomic E-state index is -0.584. The zero-order valence-electron chi connectivity index (χ0n) is 25.1. The third kappa shape index (κ3) is 6.91. The molecule has 1 aliphatic rings. The van der Waals surface area contributed by atoms with Crippen LogP contribution in [0.15, 0.2) is 69.5 Å². The lowest BCUT2D eigenvalue weighted by Gasteiger charge is -2.25. The van der Waals surface area contributed by atoms with Gasteiger partial charge >= 0.3 is 5.69 Å². The maximum absolute atomic E-state index is 14.0. The Balaban J connectivity index is 2.17. The lowest BCUT2D eigenvalue weighted by Crippen LogP contribution is -2.45. The van der Waals surface area contributed by atoms with Crippen molar-refractivity contribution < 1.29 is 19.4 Å². The first-order valence-electron chi connectivity index (χ1n) is 13.7. The number of ether oxygens (including phenoxy) is 2. The molecule has 0 saturated carbocycles. The minimum Gasteiger partial charge on any atom is -0.512 e. The molecule has 0 atom stereocenters. The minimum absolute atomic E-state index is 0.0848. The van der Waals surface area contributed by atoms with Gasteiger partial charge in [-0.1, -0.05) is 23.8 Å². The van der Waals surface area contributed by atoms with Gasteiger partial charge in [0.05, 0.1) is 25.1 Å². The highest BCUT2D eigenvalue weighted by molar-refractivity contribution is 6.17. The molecule has 0 fully saturated rings. The maximum Gasteiger partial charge on any atom is 0.330 e. The van der Waals surface area contributed by atoms with Crippen molar-refractivity contribution in [3.63, 3.8) is 0 Å². The van der Waals surface area contributed by atoms with Crippen molar-refractivity contribution >= 4 is 23.1 Å². The molecule has 11 nitrogen and oxygen atoms in total. The number of methoxy groups -OCH3 is 1. The summed E-state index contributed by atoms with van der Waals surface area (Å²) < 4.78 is 13.6. The van der Waals surface area contributed by atoms with Crippen LogP contribution in [-0.4, -0.2) is 46.3 Å². The van der Waals surface area contributed by atoms with Crippen molar-refractivity contribution in [3.05, 3.63) is 98.1 Å². The molecule has 0 saturated heterocycles. The molecule has 1 aliphatic heterocycles. The van der Waals surface area contributed by atoms with E-state index in [-0.39, 0.29) is 30.3 Å². The lowest BCUT2D eigenvalue weighted by atomic mass is 9.94. The van der Waals surface area contributed by atoms with Gasteiger partial charge in [-0.2, -0.15) is 0 Å². The van der Waals surface area contributed by atoms with Gasteiger partial charge in [0.2, 0.25) is 5.90 Å². The molecular formula is C31H40N6O5. The number of aryl methyl sites for hydroxylation is 3. The molecule has 5 N–H and O–H groups in total. The molecule has 224 valence electrons. The highest BCUT2D eigenvalue weighted by atomic mass is 16.5. The van der Waals surface area contributed by atoms with Gasteiger partial charge < -0.3 is 25.6 Å². The summed E-state index contributed by atoms with van der Waals surface area (Å²) in [7, 11) is 1.28. The van der Waals surface area contributed by atoms with Crippen molar-refractivity contribution in [3.8, 4) is 0 Å². The van der Waals surface area contributed by atoms with E-state index >= 15 is 0 Å². The normalized spacial score (nSPS) is 16.0. The first kappa shape index (κ1) is 31.7. The fraction of sp³-hybridized carbons (Fsp3) is 0.355. The van der Waals surface area contributed by atoms with Gasteiger partial charge in [0.1, 0.15) is 17.3 Å². The lowest BCUT2D eigenvalue weighted by molar-refractivity contribution is -0.117. The Morgan fingerprint density at radius 1 is 1.24 bits per heavy atom. The molecule has 0 bridgehead atoms. The number of carbonyl (C=O) groups is 1. The standard InChI is InChI=1S/C31H40N6O5/c1-7-24-22(15-23(18-38)42-8-2)9-11-36-26(24)16-27(35-28-20(4)13-19(3)14-21(28)5)37(31(36)40)12-10-34-30(39)25(17-32)29(33)41-6/h7,13-18,33,38H,8-12,32H2,1-6H3,(H,34,39)/b22-15-,23-18-,24-7+,25-17+,33-29?,35-27+. The molecule has 2 aromatic rings. The van der Waals surface area contributed by atoms with E-state index in [1.807, 2.05) is 58.9 Å². The molecule has 11 heteroatoms. The fourth-order valence-corrected chi connectivity index (χ4v) is 5.04. The smallest absolute Gasteiger partial charge is 0.330 e. The van der Waals surface area contributed by atoms with Gasteiger partial charge in [-0.3, -0.25) is 19.3 Å². The topological polar surface area (TPSA) is 157 Å². The number of aliphatic hydroxyl groups is 1. The Bertz CT molecular complexity index is 1600. The second-order valence-corrected chi connectivity index (χ2v) is 9.79. The molecular weight excluding hydrogens is 536 g/mol. The number of fused-ring (bicyclic) bond motifs is 1. The number of aliphatic hydroxyl groups excluding tert-OH is 1. The second kappa shape index (κ2) is 14.2. The number of amides is 1. The van der Waals surface area contributed by atoms with Gasteiger partial charge in [-0.15, -0.1) is 0 Å². The predicted molar refractivity (Wildman–Crippen MR) is 163 cm³/mol. The molecule has 1 aromatic carbocycles. The average Bonchev–Trinajstić information content (AvgIpc) is 2.96.